The highest BCUT2D eigenvalue weighted by Gasteiger charge is 2.31. The van der Waals surface area contributed by atoms with Crippen LogP contribution in [0.1, 0.15) is 30.7 Å². The standard InChI is InChI=1S/C21H25N7OS/c1-11(2)28(3)21(29)12-4-5-15-16(7-12)30-20-17(15)19(23-10-24-20)26-14-6-13-8-25-27-18(13)22-9-14/h6,8-12,21,29H,4-5,7H2,1-3H3,(H,22,25,27)(H,23,24,26). The molecule has 0 aromatic carbocycles. The van der Waals surface area contributed by atoms with Crippen molar-refractivity contribution in [2.45, 2.75) is 45.4 Å². The minimum absolute atomic E-state index is 0.232. The van der Waals surface area contributed by atoms with Crippen molar-refractivity contribution in [3.63, 3.8) is 0 Å². The fourth-order valence-corrected chi connectivity index (χ4v) is 5.44. The second kappa shape index (κ2) is 7.57. The van der Waals surface area contributed by atoms with Crippen molar-refractivity contribution in [2.75, 3.05) is 12.4 Å². The zero-order chi connectivity index (χ0) is 20.8. The Balaban J connectivity index is 1.46. The number of rotatable bonds is 5. The summed E-state index contributed by atoms with van der Waals surface area (Å²) in [5.74, 6) is 1.04. The number of hydrogen-bond donors (Lipinski definition) is 3. The molecular weight excluding hydrogens is 398 g/mol. The topological polar surface area (TPSA) is 103 Å². The van der Waals surface area contributed by atoms with E-state index < -0.39 is 6.23 Å². The fraction of sp³-hybridized carbons (Fsp3) is 0.429. The first kappa shape index (κ1) is 19.3. The van der Waals surface area contributed by atoms with E-state index >= 15 is 0 Å². The van der Waals surface area contributed by atoms with Gasteiger partial charge in [-0.3, -0.25) is 10.00 Å². The van der Waals surface area contributed by atoms with Gasteiger partial charge in [0.05, 0.1) is 23.5 Å². The van der Waals surface area contributed by atoms with E-state index in [2.05, 4.69) is 49.2 Å². The number of pyridine rings is 1. The van der Waals surface area contributed by atoms with Crippen LogP contribution in [-0.2, 0) is 12.8 Å². The lowest BCUT2D eigenvalue weighted by atomic mass is 9.86. The van der Waals surface area contributed by atoms with Crippen molar-refractivity contribution in [2.24, 2.45) is 5.92 Å². The van der Waals surface area contributed by atoms with Gasteiger partial charge in [-0.25, -0.2) is 15.0 Å². The van der Waals surface area contributed by atoms with Crippen molar-refractivity contribution >= 4 is 44.1 Å². The Kier molecular flexibility index (Phi) is 4.88. The van der Waals surface area contributed by atoms with Gasteiger partial charge in [0.25, 0.3) is 0 Å². The van der Waals surface area contributed by atoms with Gasteiger partial charge in [0, 0.05) is 22.2 Å². The minimum Gasteiger partial charge on any atom is -0.378 e. The molecule has 4 aromatic rings. The second-order valence-electron chi connectivity index (χ2n) is 8.24. The maximum atomic E-state index is 10.8. The zero-order valence-corrected chi connectivity index (χ0v) is 18.1. The lowest BCUT2D eigenvalue weighted by molar-refractivity contribution is -0.0443. The third-order valence-electron chi connectivity index (χ3n) is 6.09. The van der Waals surface area contributed by atoms with E-state index in [1.165, 1.54) is 10.4 Å². The maximum Gasteiger partial charge on any atom is 0.155 e. The van der Waals surface area contributed by atoms with Crippen LogP contribution in [0.4, 0.5) is 11.5 Å². The maximum absolute atomic E-state index is 10.8. The van der Waals surface area contributed by atoms with Crippen LogP contribution in [-0.4, -0.2) is 54.5 Å². The Morgan fingerprint density at radius 2 is 2.13 bits per heavy atom. The normalized spacial score (nSPS) is 17.7. The van der Waals surface area contributed by atoms with Gasteiger partial charge >= 0.3 is 0 Å². The molecule has 0 spiro atoms. The van der Waals surface area contributed by atoms with Gasteiger partial charge < -0.3 is 10.4 Å². The summed E-state index contributed by atoms with van der Waals surface area (Å²) >= 11 is 1.72. The fourth-order valence-electron chi connectivity index (χ4n) is 4.16. The molecule has 0 saturated carbocycles. The van der Waals surface area contributed by atoms with Crippen molar-refractivity contribution in [1.29, 1.82) is 0 Å². The zero-order valence-electron chi connectivity index (χ0n) is 17.3. The Bertz CT molecular complexity index is 1200. The van der Waals surface area contributed by atoms with Crippen LogP contribution < -0.4 is 5.32 Å². The lowest BCUT2D eigenvalue weighted by Crippen LogP contribution is -2.43. The van der Waals surface area contributed by atoms with Gasteiger partial charge in [0.15, 0.2) is 5.65 Å². The molecule has 2 unspecified atom stereocenters. The number of fused-ring (bicyclic) bond motifs is 4. The predicted octanol–water partition coefficient (Wildman–Crippen LogP) is 3.47. The predicted molar refractivity (Wildman–Crippen MR) is 119 cm³/mol. The molecule has 4 aromatic heterocycles. The molecule has 0 bridgehead atoms. The molecule has 2 atom stereocenters. The molecule has 9 heteroatoms. The monoisotopic (exact) mass is 423 g/mol. The summed E-state index contributed by atoms with van der Waals surface area (Å²) in [5.41, 5.74) is 2.94. The number of aromatic amines is 1. The largest absolute Gasteiger partial charge is 0.378 e. The first-order chi connectivity index (χ1) is 14.5. The number of aliphatic hydroxyl groups is 1. The van der Waals surface area contributed by atoms with E-state index in [1.54, 1.807) is 30.1 Å². The van der Waals surface area contributed by atoms with Crippen LogP contribution in [0.15, 0.2) is 24.8 Å². The Morgan fingerprint density at radius 3 is 2.97 bits per heavy atom. The van der Waals surface area contributed by atoms with Gasteiger partial charge in [0.1, 0.15) is 23.2 Å². The second-order valence-corrected chi connectivity index (χ2v) is 9.32. The van der Waals surface area contributed by atoms with Crippen molar-refractivity contribution in [3.05, 3.63) is 35.2 Å². The SMILES string of the molecule is CC(C)N(C)C(O)C1CCc2c(sc3ncnc(Nc4cnc5[nH]ncc5c4)c23)C1. The first-order valence-electron chi connectivity index (χ1n) is 10.2. The molecule has 0 aliphatic heterocycles. The Morgan fingerprint density at radius 1 is 1.27 bits per heavy atom. The average Bonchev–Trinajstić information content (AvgIpc) is 3.36. The number of aliphatic hydroxyl groups excluding tert-OH is 1. The summed E-state index contributed by atoms with van der Waals surface area (Å²) in [6.07, 6.45) is 7.46. The first-order valence-corrected chi connectivity index (χ1v) is 11.0. The minimum atomic E-state index is -0.431. The molecular formula is C21H25N7OS. The quantitative estimate of drug-likeness (QED) is 0.422. The third-order valence-corrected chi connectivity index (χ3v) is 7.25. The molecule has 1 aliphatic carbocycles. The summed E-state index contributed by atoms with van der Waals surface area (Å²) in [5, 5.41) is 23.2. The smallest absolute Gasteiger partial charge is 0.155 e. The van der Waals surface area contributed by atoms with Gasteiger partial charge in [0.2, 0.25) is 0 Å². The van der Waals surface area contributed by atoms with Crippen LogP contribution in [0.2, 0.25) is 0 Å². The van der Waals surface area contributed by atoms with Crippen molar-refractivity contribution < 1.29 is 5.11 Å². The van der Waals surface area contributed by atoms with Gasteiger partial charge in [-0.1, -0.05) is 0 Å². The van der Waals surface area contributed by atoms with Gasteiger partial charge in [-0.05, 0) is 51.8 Å². The molecule has 0 fully saturated rings. The number of anilines is 2. The van der Waals surface area contributed by atoms with Crippen LogP contribution in [0.5, 0.6) is 0 Å². The number of aromatic nitrogens is 5. The molecule has 3 N–H and O–H groups in total. The molecule has 0 radical (unpaired) electrons. The number of H-pyrrole nitrogens is 1. The van der Waals surface area contributed by atoms with Crippen molar-refractivity contribution in [3.8, 4) is 0 Å². The molecule has 8 nitrogen and oxygen atoms in total. The third kappa shape index (κ3) is 3.32. The van der Waals surface area contributed by atoms with Gasteiger partial charge in [-0.2, -0.15) is 5.10 Å². The van der Waals surface area contributed by atoms with E-state index in [9.17, 15) is 5.11 Å². The van der Waals surface area contributed by atoms with E-state index in [0.717, 1.165) is 52.0 Å². The van der Waals surface area contributed by atoms with E-state index in [4.69, 9.17) is 0 Å². The number of aryl methyl sites for hydroxylation is 1. The average molecular weight is 424 g/mol. The molecule has 4 heterocycles. The number of thiophene rings is 1. The summed E-state index contributed by atoms with van der Waals surface area (Å²) in [4.78, 5) is 17.8. The van der Waals surface area contributed by atoms with Crippen LogP contribution in [0.25, 0.3) is 21.3 Å². The Hall–Kier alpha value is -2.62. The van der Waals surface area contributed by atoms with Crippen LogP contribution in [0, 0.1) is 5.92 Å². The molecule has 0 amide bonds. The molecule has 1 aliphatic rings. The van der Waals surface area contributed by atoms with Crippen LogP contribution >= 0.6 is 11.3 Å². The molecule has 5 rings (SSSR count). The van der Waals surface area contributed by atoms with E-state index in [1.807, 2.05) is 13.1 Å². The van der Waals surface area contributed by atoms with Crippen molar-refractivity contribution in [1.82, 2.24) is 30.0 Å². The number of nitrogens with zero attached hydrogens (tertiary/aromatic N) is 5. The molecule has 156 valence electrons. The Labute approximate surface area is 178 Å². The van der Waals surface area contributed by atoms with Gasteiger partial charge in [-0.15, -0.1) is 11.3 Å². The van der Waals surface area contributed by atoms with E-state index in [0.29, 0.717) is 6.04 Å². The van der Waals surface area contributed by atoms with E-state index in [-0.39, 0.29) is 5.92 Å². The highest BCUT2D eigenvalue weighted by molar-refractivity contribution is 7.19. The lowest BCUT2D eigenvalue weighted by Gasteiger charge is -2.35. The number of hydrogen-bond acceptors (Lipinski definition) is 8. The highest BCUT2D eigenvalue weighted by atomic mass is 32.1. The summed E-state index contributed by atoms with van der Waals surface area (Å²) in [7, 11) is 1.99. The summed E-state index contributed by atoms with van der Waals surface area (Å²) < 4.78 is 0. The molecule has 0 saturated heterocycles. The molecule has 30 heavy (non-hydrogen) atoms. The number of nitrogens with one attached hydrogen (secondary N) is 2. The highest BCUT2D eigenvalue weighted by Crippen LogP contribution is 2.41. The summed E-state index contributed by atoms with van der Waals surface area (Å²) in [6.45, 7) is 4.22. The van der Waals surface area contributed by atoms with Crippen LogP contribution in [0.3, 0.4) is 0 Å². The summed E-state index contributed by atoms with van der Waals surface area (Å²) in [6, 6.07) is 2.32.